The minimum absolute atomic E-state index is 0.179. The van der Waals surface area contributed by atoms with E-state index in [1.807, 2.05) is 12.4 Å². The summed E-state index contributed by atoms with van der Waals surface area (Å²) in [7, 11) is 0. The van der Waals surface area contributed by atoms with Crippen molar-refractivity contribution in [2.24, 2.45) is 0 Å². The third-order valence-corrected chi connectivity index (χ3v) is 6.92. The molecule has 10 heteroatoms. The van der Waals surface area contributed by atoms with E-state index in [1.165, 1.54) is 11.6 Å². The predicted molar refractivity (Wildman–Crippen MR) is 123 cm³/mol. The van der Waals surface area contributed by atoms with Crippen molar-refractivity contribution in [2.45, 2.75) is 56.0 Å². The van der Waals surface area contributed by atoms with Crippen LogP contribution < -0.4 is 10.6 Å². The van der Waals surface area contributed by atoms with Gasteiger partial charge >= 0.3 is 6.18 Å². The number of hydrogen-bond acceptors (Lipinski definition) is 5. The number of carbonyl (C=O) groups excluding carboxylic acids is 2. The second-order valence-electron chi connectivity index (χ2n) is 9.24. The Morgan fingerprint density at radius 3 is 2.46 bits per heavy atom. The molecule has 1 aliphatic heterocycles. The van der Waals surface area contributed by atoms with Crippen LogP contribution in [0.15, 0.2) is 48.8 Å². The minimum atomic E-state index is -4.56. The van der Waals surface area contributed by atoms with Crippen LogP contribution in [0.3, 0.4) is 0 Å². The van der Waals surface area contributed by atoms with Crippen molar-refractivity contribution in [2.75, 3.05) is 19.6 Å². The van der Waals surface area contributed by atoms with Gasteiger partial charge in [0.2, 0.25) is 5.91 Å². The molecule has 1 aromatic heterocycles. The molecule has 2 heterocycles. The molecule has 3 N–H and O–H groups in total. The standard InChI is InChI=1S/C25H29F3N4O3/c26-25(27,28)19-3-1-2-18(12-19)24(35)30-13-23(34)31-21-14-32(15-22(21)33)20-6-4-16(5-7-20)17-8-10-29-11-9-17/h1-3,8-12,16,20-22,33H,4-7,13-15H2,(H,30,35)(H,31,34)/t16?,20?,21-,22-/m0/s1. The summed E-state index contributed by atoms with van der Waals surface area (Å²) >= 11 is 0. The highest BCUT2D eigenvalue weighted by Gasteiger charge is 2.37. The van der Waals surface area contributed by atoms with E-state index >= 15 is 0 Å². The van der Waals surface area contributed by atoms with Gasteiger partial charge in [-0.2, -0.15) is 13.2 Å². The third-order valence-electron chi connectivity index (χ3n) is 6.92. The van der Waals surface area contributed by atoms with Crippen molar-refractivity contribution >= 4 is 11.8 Å². The zero-order chi connectivity index (χ0) is 25.0. The fraction of sp³-hybridized carbons (Fsp3) is 0.480. The van der Waals surface area contributed by atoms with Crippen LogP contribution in [0.25, 0.3) is 0 Å². The molecule has 0 bridgehead atoms. The lowest BCUT2D eigenvalue weighted by molar-refractivity contribution is -0.137. The van der Waals surface area contributed by atoms with Gasteiger partial charge in [0.05, 0.1) is 24.3 Å². The number of halogens is 3. The van der Waals surface area contributed by atoms with Gasteiger partial charge in [0.1, 0.15) is 0 Å². The number of likely N-dealkylation sites (tertiary alicyclic amines) is 1. The molecule has 0 radical (unpaired) electrons. The Morgan fingerprint density at radius 2 is 1.77 bits per heavy atom. The number of hydrogen-bond donors (Lipinski definition) is 3. The Labute approximate surface area is 201 Å². The monoisotopic (exact) mass is 490 g/mol. The molecule has 2 aromatic rings. The van der Waals surface area contributed by atoms with Crippen LogP contribution >= 0.6 is 0 Å². The number of aliphatic hydroxyl groups is 1. The summed E-state index contributed by atoms with van der Waals surface area (Å²) in [6.45, 7) is 0.584. The Hall–Kier alpha value is -2.98. The van der Waals surface area contributed by atoms with Crippen LogP contribution in [0.5, 0.6) is 0 Å². The lowest BCUT2D eigenvalue weighted by Gasteiger charge is -2.34. The largest absolute Gasteiger partial charge is 0.416 e. The van der Waals surface area contributed by atoms with Crippen LogP contribution in [-0.4, -0.2) is 64.6 Å². The van der Waals surface area contributed by atoms with Crippen molar-refractivity contribution in [3.05, 3.63) is 65.5 Å². The van der Waals surface area contributed by atoms with Gasteiger partial charge in [0.25, 0.3) is 5.91 Å². The van der Waals surface area contributed by atoms with E-state index in [1.54, 1.807) is 0 Å². The van der Waals surface area contributed by atoms with Crippen molar-refractivity contribution in [1.82, 2.24) is 20.5 Å². The highest BCUT2D eigenvalue weighted by atomic mass is 19.4. The Morgan fingerprint density at radius 1 is 1.06 bits per heavy atom. The van der Waals surface area contributed by atoms with Gasteiger partial charge in [0.15, 0.2) is 0 Å². The summed E-state index contributed by atoms with van der Waals surface area (Å²) in [5, 5.41) is 15.6. The number of nitrogens with one attached hydrogen (secondary N) is 2. The summed E-state index contributed by atoms with van der Waals surface area (Å²) in [5.74, 6) is -0.763. The summed E-state index contributed by atoms with van der Waals surface area (Å²) in [6.07, 6.45) is 2.47. The quantitative estimate of drug-likeness (QED) is 0.579. The van der Waals surface area contributed by atoms with Crippen molar-refractivity contribution in [1.29, 1.82) is 0 Å². The lowest BCUT2D eigenvalue weighted by atomic mass is 9.81. The summed E-state index contributed by atoms with van der Waals surface area (Å²) < 4.78 is 38.5. The molecule has 2 fully saturated rings. The number of carbonyl (C=O) groups is 2. The Balaban J connectivity index is 1.23. The van der Waals surface area contributed by atoms with Crippen molar-refractivity contribution in [3.8, 4) is 0 Å². The van der Waals surface area contributed by atoms with E-state index in [-0.39, 0.29) is 5.56 Å². The van der Waals surface area contributed by atoms with Gasteiger partial charge in [-0.3, -0.25) is 19.5 Å². The molecule has 0 unspecified atom stereocenters. The fourth-order valence-corrected chi connectivity index (χ4v) is 5.02. The van der Waals surface area contributed by atoms with E-state index in [4.69, 9.17) is 0 Å². The third kappa shape index (κ3) is 6.37. The van der Waals surface area contributed by atoms with Gasteiger partial charge in [-0.1, -0.05) is 6.07 Å². The normalized spacial score (nSPS) is 25.3. The maximum Gasteiger partial charge on any atom is 0.416 e. The maximum atomic E-state index is 12.8. The van der Waals surface area contributed by atoms with Gasteiger partial charge in [-0.15, -0.1) is 0 Å². The molecule has 188 valence electrons. The highest BCUT2D eigenvalue weighted by Crippen LogP contribution is 2.35. The van der Waals surface area contributed by atoms with Gasteiger partial charge < -0.3 is 15.7 Å². The number of pyridine rings is 1. The van der Waals surface area contributed by atoms with E-state index < -0.39 is 42.2 Å². The molecule has 2 aliphatic rings. The molecule has 1 saturated carbocycles. The molecular weight excluding hydrogens is 461 g/mol. The topological polar surface area (TPSA) is 94.6 Å². The molecule has 2 amide bonds. The van der Waals surface area contributed by atoms with Crippen molar-refractivity contribution < 1.29 is 27.9 Å². The number of aliphatic hydroxyl groups excluding tert-OH is 1. The first kappa shape index (κ1) is 25.1. The molecule has 0 spiro atoms. The molecule has 7 nitrogen and oxygen atoms in total. The number of aromatic nitrogens is 1. The number of β-amino-alcohol motifs (C(OH)–C–C–N with tert-alkyl or cyclic N) is 1. The lowest BCUT2D eigenvalue weighted by Crippen LogP contribution is -2.47. The molecule has 2 atom stereocenters. The van der Waals surface area contributed by atoms with E-state index in [0.717, 1.165) is 43.9 Å². The first-order valence-electron chi connectivity index (χ1n) is 11.8. The van der Waals surface area contributed by atoms with Crippen LogP contribution in [0.2, 0.25) is 0 Å². The van der Waals surface area contributed by atoms with Crippen LogP contribution in [0.1, 0.15) is 53.1 Å². The molecule has 35 heavy (non-hydrogen) atoms. The van der Waals surface area contributed by atoms with E-state index in [2.05, 4.69) is 32.7 Å². The molecule has 1 aromatic carbocycles. The van der Waals surface area contributed by atoms with Gasteiger partial charge in [-0.25, -0.2) is 0 Å². The van der Waals surface area contributed by atoms with Gasteiger partial charge in [0, 0.05) is 37.1 Å². The minimum Gasteiger partial charge on any atom is -0.390 e. The molecule has 1 aliphatic carbocycles. The number of amides is 2. The molecular formula is C25H29F3N4O3. The summed E-state index contributed by atoms with van der Waals surface area (Å²) in [5.41, 5.74) is 0.192. The highest BCUT2D eigenvalue weighted by molar-refractivity contribution is 5.96. The fourth-order valence-electron chi connectivity index (χ4n) is 5.02. The second kappa shape index (κ2) is 10.7. The van der Waals surface area contributed by atoms with Crippen LogP contribution in [0.4, 0.5) is 13.2 Å². The SMILES string of the molecule is O=C(CNC(=O)c1cccc(C(F)(F)F)c1)N[C@H]1CN(C2CCC(c3ccncc3)CC2)C[C@@H]1O. The summed E-state index contributed by atoms with van der Waals surface area (Å²) in [4.78, 5) is 30.8. The van der Waals surface area contributed by atoms with Crippen LogP contribution in [-0.2, 0) is 11.0 Å². The van der Waals surface area contributed by atoms with E-state index in [0.29, 0.717) is 25.0 Å². The first-order chi connectivity index (χ1) is 16.7. The number of alkyl halides is 3. The molecule has 4 rings (SSSR count). The first-order valence-corrected chi connectivity index (χ1v) is 11.8. The second-order valence-corrected chi connectivity index (χ2v) is 9.24. The smallest absolute Gasteiger partial charge is 0.390 e. The maximum absolute atomic E-state index is 12.8. The van der Waals surface area contributed by atoms with Crippen molar-refractivity contribution in [3.63, 3.8) is 0 Å². The number of rotatable bonds is 6. The van der Waals surface area contributed by atoms with Crippen LogP contribution in [0, 0.1) is 0 Å². The summed E-state index contributed by atoms with van der Waals surface area (Å²) in [6, 6.07) is 8.01. The average molecular weight is 491 g/mol. The predicted octanol–water partition coefficient (Wildman–Crippen LogP) is 2.72. The average Bonchev–Trinajstić information content (AvgIpc) is 3.22. The molecule has 1 saturated heterocycles. The van der Waals surface area contributed by atoms with Gasteiger partial charge in [-0.05, 0) is 67.5 Å². The zero-order valence-corrected chi connectivity index (χ0v) is 19.2. The Kier molecular flexibility index (Phi) is 7.71. The Bertz CT molecular complexity index is 1030. The number of benzene rings is 1. The number of nitrogens with zero attached hydrogens (tertiary/aromatic N) is 2. The zero-order valence-electron chi connectivity index (χ0n) is 19.2. The van der Waals surface area contributed by atoms with E-state index in [9.17, 15) is 27.9 Å².